The molecule has 2 amide bonds. The fraction of sp³-hybridized carbons (Fsp3) is 0.941. The predicted molar refractivity (Wildman–Crippen MR) is 184 cm³/mol. The van der Waals surface area contributed by atoms with Gasteiger partial charge in [0.25, 0.3) is 0 Å². The van der Waals surface area contributed by atoms with Gasteiger partial charge in [0, 0.05) is 13.8 Å². The summed E-state index contributed by atoms with van der Waals surface area (Å²) in [5.74, 6) is -1.46. The van der Waals surface area contributed by atoms with Crippen molar-refractivity contribution in [3.05, 3.63) is 0 Å². The minimum atomic E-state index is -1.98. The zero-order valence-corrected chi connectivity index (χ0v) is 32.4. The van der Waals surface area contributed by atoms with Crippen molar-refractivity contribution in [2.75, 3.05) is 19.8 Å². The average Bonchev–Trinajstić information content (AvgIpc) is 3.18. The number of fused-ring (bicyclic) bond motifs is 3. The molecule has 0 aromatic rings. The molecule has 25 atom stereocenters. The Kier molecular flexibility index (Phi) is 15.2. The largest absolute Gasteiger partial charge is 0.394 e. The SMILES string of the molecule is CC(=O)N[C@H]1[C@H]2OC[C@H]3O[C@H](O[C@H]4[C@H](O)[C@H](O[C@H]5[C@@H](O)[C@@H](CO)O[C@@H](O[C@H]([C@@H]1O[C@@H]1O[C@@H](C)[C@@H](O)[C@@H](O)[C@@H]1O)[C@@H](CO)O2)[C@@H]5NC(C)=O)O[C@@H](C)[C@H]4O)[C@@H](O)[C@@H](O)[C@@H]3O. The van der Waals surface area contributed by atoms with Gasteiger partial charge in [0.2, 0.25) is 11.8 Å². The number of carbonyl (C=O) groups is 2. The predicted octanol–water partition coefficient (Wildman–Crippen LogP) is -8.54. The Morgan fingerprint density at radius 1 is 0.525 bits per heavy atom. The first-order chi connectivity index (χ1) is 27.9. The lowest BCUT2D eigenvalue weighted by Crippen LogP contribution is -2.72. The minimum Gasteiger partial charge on any atom is -0.394 e. The highest BCUT2D eigenvalue weighted by Crippen LogP contribution is 2.37. The third kappa shape index (κ3) is 9.55. The molecular formula is C34H56N2O23. The van der Waals surface area contributed by atoms with Crippen LogP contribution in [0.15, 0.2) is 0 Å². The van der Waals surface area contributed by atoms with Crippen LogP contribution in [-0.2, 0) is 57.0 Å². The minimum absolute atomic E-state index is 0.707. The van der Waals surface area contributed by atoms with Crippen LogP contribution in [0.3, 0.4) is 0 Å². The third-order valence-electron chi connectivity index (χ3n) is 11.3. The number of nitrogens with one attached hydrogen (secondary N) is 2. The van der Waals surface area contributed by atoms with Crippen molar-refractivity contribution in [2.24, 2.45) is 0 Å². The molecule has 0 aromatic carbocycles. The molecular weight excluding hydrogens is 804 g/mol. The summed E-state index contributed by atoms with van der Waals surface area (Å²) in [5, 5.41) is 125. The first kappa shape index (κ1) is 46.6. The van der Waals surface area contributed by atoms with Gasteiger partial charge in [0.05, 0.1) is 32.0 Å². The van der Waals surface area contributed by atoms with Crippen molar-refractivity contribution in [3.8, 4) is 0 Å². The summed E-state index contributed by atoms with van der Waals surface area (Å²) in [6, 6.07) is -3.12. The topological polar surface area (TPSA) is 373 Å². The van der Waals surface area contributed by atoms with E-state index in [1.807, 2.05) is 0 Å². The van der Waals surface area contributed by atoms with Crippen LogP contribution in [0.5, 0.6) is 0 Å². The lowest BCUT2D eigenvalue weighted by molar-refractivity contribution is -0.389. The second kappa shape index (κ2) is 19.2. The molecule has 7 aliphatic heterocycles. The Morgan fingerprint density at radius 2 is 1.08 bits per heavy atom. The third-order valence-corrected chi connectivity index (χ3v) is 11.3. The molecule has 25 heteroatoms. The highest BCUT2D eigenvalue weighted by molar-refractivity contribution is 5.73. The number of hydrogen-bond donors (Lipinski definition) is 13. The van der Waals surface area contributed by atoms with Crippen LogP contribution < -0.4 is 10.6 Å². The van der Waals surface area contributed by atoms with Gasteiger partial charge in [-0.05, 0) is 13.8 Å². The smallest absolute Gasteiger partial charge is 0.217 e. The van der Waals surface area contributed by atoms with E-state index >= 15 is 0 Å². The number of amides is 2. The van der Waals surface area contributed by atoms with Gasteiger partial charge in [-0.2, -0.15) is 0 Å². The van der Waals surface area contributed by atoms with E-state index < -0.39 is 185 Å². The summed E-state index contributed by atoms with van der Waals surface area (Å²) in [6.45, 7) is 2.46. The lowest BCUT2D eigenvalue weighted by Gasteiger charge is -2.52. The molecule has 8 bridgehead atoms. The van der Waals surface area contributed by atoms with Gasteiger partial charge in [-0.3, -0.25) is 9.59 Å². The van der Waals surface area contributed by atoms with Crippen LogP contribution in [0.4, 0.5) is 0 Å². The summed E-state index contributed by atoms with van der Waals surface area (Å²) < 4.78 is 59.9. The summed E-state index contributed by atoms with van der Waals surface area (Å²) >= 11 is 0. The monoisotopic (exact) mass is 860 g/mol. The van der Waals surface area contributed by atoms with Crippen molar-refractivity contribution in [1.29, 1.82) is 0 Å². The lowest BCUT2D eigenvalue weighted by atomic mass is 9.93. The highest BCUT2D eigenvalue weighted by atomic mass is 16.8. The number of rotatable bonds is 6. The van der Waals surface area contributed by atoms with Crippen molar-refractivity contribution in [1.82, 2.24) is 10.6 Å². The molecule has 59 heavy (non-hydrogen) atoms. The molecule has 0 radical (unpaired) electrons. The number of hydrogen-bond acceptors (Lipinski definition) is 23. The molecule has 25 nitrogen and oxygen atoms in total. The van der Waals surface area contributed by atoms with Crippen LogP contribution in [0.25, 0.3) is 0 Å². The van der Waals surface area contributed by atoms with Gasteiger partial charge >= 0.3 is 0 Å². The zero-order valence-electron chi connectivity index (χ0n) is 32.4. The Labute approximate surface area is 336 Å². The quantitative estimate of drug-likeness (QED) is 0.118. The highest BCUT2D eigenvalue weighted by Gasteiger charge is 2.58. The van der Waals surface area contributed by atoms with Crippen LogP contribution >= 0.6 is 0 Å². The maximum Gasteiger partial charge on any atom is 0.217 e. The van der Waals surface area contributed by atoms with Crippen molar-refractivity contribution < 1.29 is 113 Å². The van der Waals surface area contributed by atoms with Crippen molar-refractivity contribution in [2.45, 2.75) is 181 Å². The van der Waals surface area contributed by atoms with Gasteiger partial charge in [0.15, 0.2) is 31.5 Å². The standard InChI is InChI=1S/C34H56N2O23/c1-8-17(41)21(45)23(47)32(51-8)58-28-16(36-11(4)40)30-50-7-14-19(43)22(46)24(48)33(55-14)59-29-18(42)9(2)52-34(25(29)49)57-27-15(35-10(3)39)31(53-12(5-37)20(27)44)56-26(28)13(6-38)54-30/h8-9,12-34,37-38,41-49H,5-7H2,1-4H3,(H,35,39)(H,36,40)/t8-,9-,12+,13+,14+,15+,16+,17+,18+,19+,20-,21+,22-,23-,24-,25-,26-,27+,28+,29+,30-,31-,32-,33+,34-/m0/s1. The molecule has 340 valence electrons. The van der Waals surface area contributed by atoms with E-state index in [2.05, 4.69) is 10.6 Å². The van der Waals surface area contributed by atoms with E-state index in [4.69, 9.17) is 47.4 Å². The first-order valence-electron chi connectivity index (χ1n) is 19.3. The van der Waals surface area contributed by atoms with Crippen LogP contribution in [0.1, 0.15) is 27.7 Å². The van der Waals surface area contributed by atoms with E-state index in [0.717, 1.165) is 13.8 Å². The molecule has 7 heterocycles. The molecule has 7 saturated heterocycles. The molecule has 0 saturated carbocycles. The second-order valence-corrected chi connectivity index (χ2v) is 15.5. The summed E-state index contributed by atoms with van der Waals surface area (Å²) in [4.78, 5) is 25.5. The maximum atomic E-state index is 12.8. The normalized spacial score (nSPS) is 52.2. The van der Waals surface area contributed by atoms with Crippen molar-refractivity contribution in [3.63, 3.8) is 0 Å². The van der Waals surface area contributed by atoms with Crippen LogP contribution in [0, 0.1) is 0 Å². The van der Waals surface area contributed by atoms with E-state index in [-0.39, 0.29) is 0 Å². The first-order valence-corrected chi connectivity index (χ1v) is 19.3. The maximum absolute atomic E-state index is 12.8. The fourth-order valence-electron chi connectivity index (χ4n) is 8.01. The molecule has 7 fully saturated rings. The van der Waals surface area contributed by atoms with E-state index in [1.165, 1.54) is 13.8 Å². The Hall–Kier alpha value is -1.90. The number of aliphatic hydroxyl groups excluding tert-OH is 11. The van der Waals surface area contributed by atoms with Crippen molar-refractivity contribution >= 4 is 11.8 Å². The zero-order chi connectivity index (χ0) is 43.2. The Bertz CT molecular complexity index is 1420. The molecule has 0 spiro atoms. The van der Waals surface area contributed by atoms with Gasteiger partial charge in [0.1, 0.15) is 110 Å². The van der Waals surface area contributed by atoms with Gasteiger partial charge < -0.3 is 114 Å². The van der Waals surface area contributed by atoms with Gasteiger partial charge in [-0.15, -0.1) is 0 Å². The van der Waals surface area contributed by atoms with Gasteiger partial charge in [-0.25, -0.2) is 0 Å². The molecule has 13 N–H and O–H groups in total. The fourth-order valence-corrected chi connectivity index (χ4v) is 8.01. The van der Waals surface area contributed by atoms with E-state index in [9.17, 15) is 65.8 Å². The summed E-state index contributed by atoms with van der Waals surface area (Å²) in [7, 11) is 0. The summed E-state index contributed by atoms with van der Waals surface area (Å²) in [5.41, 5.74) is 0. The molecule has 0 unspecified atom stereocenters. The number of ether oxygens (including phenoxy) is 10. The van der Waals surface area contributed by atoms with Crippen LogP contribution in [-0.4, -0.2) is 241 Å². The Balaban J connectivity index is 1.47. The summed E-state index contributed by atoms with van der Waals surface area (Å²) in [6.07, 6.45) is -39.1. The van der Waals surface area contributed by atoms with E-state index in [0.29, 0.717) is 0 Å². The number of carbonyl (C=O) groups excluding carboxylic acids is 2. The second-order valence-electron chi connectivity index (χ2n) is 15.5. The molecule has 0 aliphatic carbocycles. The Morgan fingerprint density at radius 3 is 1.73 bits per heavy atom. The van der Waals surface area contributed by atoms with Gasteiger partial charge in [-0.1, -0.05) is 0 Å². The molecule has 7 aliphatic rings. The average molecular weight is 861 g/mol. The number of aliphatic hydroxyl groups is 11. The van der Waals surface area contributed by atoms with Crippen LogP contribution in [0.2, 0.25) is 0 Å². The molecule has 7 rings (SSSR count). The molecule has 0 aromatic heterocycles. The van der Waals surface area contributed by atoms with E-state index in [1.54, 1.807) is 0 Å².